The minimum absolute atomic E-state index is 0.0170. The van der Waals surface area contributed by atoms with E-state index in [-0.39, 0.29) is 28.3 Å². The summed E-state index contributed by atoms with van der Waals surface area (Å²) in [6.45, 7) is 0.707. The third kappa shape index (κ3) is 4.03. The lowest BCUT2D eigenvalue weighted by molar-refractivity contribution is 0.166. The van der Waals surface area contributed by atoms with Crippen molar-refractivity contribution >= 4 is 55.0 Å². The van der Waals surface area contributed by atoms with Crippen LogP contribution >= 0.6 is 39.1 Å². The van der Waals surface area contributed by atoms with E-state index < -0.39 is 10.2 Å². The van der Waals surface area contributed by atoms with E-state index in [0.717, 1.165) is 12.8 Å². The number of rotatable bonds is 4. The lowest BCUT2D eigenvalue weighted by Crippen LogP contribution is -2.43. The zero-order chi connectivity index (χ0) is 15.6. The van der Waals surface area contributed by atoms with Gasteiger partial charge < -0.3 is 5.11 Å². The molecule has 2 N–H and O–H groups in total. The first-order valence-corrected chi connectivity index (χ1v) is 9.36. The molecule has 1 atom stereocenters. The van der Waals surface area contributed by atoms with Crippen LogP contribution < -0.4 is 4.72 Å². The number of nitrogens with zero attached hydrogens (tertiary/aromatic N) is 1. The van der Waals surface area contributed by atoms with Gasteiger partial charge in [-0.3, -0.25) is 4.72 Å². The predicted molar refractivity (Wildman–Crippen MR) is 88.1 cm³/mol. The third-order valence-electron chi connectivity index (χ3n) is 3.35. The molecule has 0 aliphatic carbocycles. The van der Waals surface area contributed by atoms with Gasteiger partial charge in [0.2, 0.25) is 0 Å². The van der Waals surface area contributed by atoms with E-state index >= 15 is 0 Å². The highest BCUT2D eigenvalue weighted by molar-refractivity contribution is 9.10. The topological polar surface area (TPSA) is 69.6 Å². The molecule has 1 aliphatic rings. The van der Waals surface area contributed by atoms with Crippen LogP contribution in [-0.4, -0.2) is 37.5 Å². The molecule has 1 aromatic rings. The summed E-state index contributed by atoms with van der Waals surface area (Å²) in [7, 11) is -3.72. The average Bonchev–Trinajstić information content (AvgIpc) is 2.48. The van der Waals surface area contributed by atoms with Crippen LogP contribution in [0.25, 0.3) is 0 Å². The zero-order valence-corrected chi connectivity index (χ0v) is 14.9. The molecule has 21 heavy (non-hydrogen) atoms. The Morgan fingerprint density at radius 3 is 2.76 bits per heavy atom. The van der Waals surface area contributed by atoms with Crippen LogP contribution in [-0.2, 0) is 10.2 Å². The predicted octanol–water partition coefficient (Wildman–Crippen LogP) is 3.12. The maximum absolute atomic E-state index is 12.4. The molecule has 5 nitrogen and oxygen atoms in total. The molecule has 0 amide bonds. The Hall–Kier alpha value is -0.0500. The number of piperidine rings is 1. The summed E-state index contributed by atoms with van der Waals surface area (Å²) in [5.74, 6) is -0.0284. The maximum atomic E-state index is 12.4. The number of benzene rings is 1. The summed E-state index contributed by atoms with van der Waals surface area (Å²) in [5, 5.41) is 9.59. The highest BCUT2D eigenvalue weighted by atomic mass is 79.9. The number of aliphatic hydroxyl groups excluding tert-OH is 1. The quantitative estimate of drug-likeness (QED) is 0.739. The number of aliphatic hydroxyl groups is 1. The van der Waals surface area contributed by atoms with Gasteiger partial charge in [-0.2, -0.15) is 12.7 Å². The van der Waals surface area contributed by atoms with Crippen LogP contribution in [0.15, 0.2) is 16.6 Å². The highest BCUT2D eigenvalue weighted by Gasteiger charge is 2.29. The second-order valence-electron chi connectivity index (χ2n) is 4.88. The van der Waals surface area contributed by atoms with Crippen LogP contribution in [0.4, 0.5) is 5.69 Å². The van der Waals surface area contributed by atoms with Gasteiger partial charge in [0.05, 0.1) is 15.7 Å². The molecule has 1 saturated heterocycles. The summed E-state index contributed by atoms with van der Waals surface area (Å²) >= 11 is 15.3. The number of hydrogen-bond donors (Lipinski definition) is 2. The molecule has 1 aromatic carbocycles. The van der Waals surface area contributed by atoms with Crippen LogP contribution in [0, 0.1) is 5.92 Å². The van der Waals surface area contributed by atoms with Gasteiger partial charge in [-0.05, 0) is 46.8 Å². The third-order valence-corrected chi connectivity index (χ3v) is 6.61. The molecule has 0 aromatic heterocycles. The normalized spacial score (nSPS) is 20.5. The van der Waals surface area contributed by atoms with Crippen molar-refractivity contribution in [2.24, 2.45) is 5.92 Å². The number of hydrogen-bond acceptors (Lipinski definition) is 3. The van der Waals surface area contributed by atoms with E-state index in [1.165, 1.54) is 4.31 Å². The first-order valence-electron chi connectivity index (χ1n) is 6.37. The molecule has 0 radical (unpaired) electrons. The molecule has 1 heterocycles. The summed E-state index contributed by atoms with van der Waals surface area (Å²) in [6, 6.07) is 3.17. The van der Waals surface area contributed by atoms with Gasteiger partial charge in [0.15, 0.2) is 0 Å². The molecule has 118 valence electrons. The monoisotopic (exact) mass is 416 g/mol. The largest absolute Gasteiger partial charge is 0.396 e. The van der Waals surface area contributed by atoms with Crippen molar-refractivity contribution in [1.29, 1.82) is 0 Å². The number of anilines is 1. The molecule has 1 fully saturated rings. The van der Waals surface area contributed by atoms with Gasteiger partial charge in [0, 0.05) is 24.2 Å². The fourth-order valence-corrected chi connectivity index (χ4v) is 4.43. The zero-order valence-electron chi connectivity index (χ0n) is 11.0. The van der Waals surface area contributed by atoms with Crippen LogP contribution in [0.2, 0.25) is 10.0 Å². The Labute approximate surface area is 142 Å². The minimum Gasteiger partial charge on any atom is -0.396 e. The van der Waals surface area contributed by atoms with E-state index in [0.29, 0.717) is 17.6 Å². The Kier molecular flexibility index (Phi) is 5.78. The Morgan fingerprint density at radius 1 is 1.38 bits per heavy atom. The smallest absolute Gasteiger partial charge is 0.301 e. The van der Waals surface area contributed by atoms with Crippen molar-refractivity contribution in [2.45, 2.75) is 12.8 Å². The Morgan fingerprint density at radius 2 is 2.10 bits per heavy atom. The van der Waals surface area contributed by atoms with Crippen molar-refractivity contribution in [2.75, 3.05) is 24.4 Å². The average molecular weight is 418 g/mol. The molecular formula is C12H15BrCl2N2O3S. The van der Waals surface area contributed by atoms with Crippen LogP contribution in [0.5, 0.6) is 0 Å². The fraction of sp³-hybridized carbons (Fsp3) is 0.500. The van der Waals surface area contributed by atoms with Crippen LogP contribution in [0.3, 0.4) is 0 Å². The first kappa shape index (κ1) is 17.3. The van der Waals surface area contributed by atoms with Gasteiger partial charge >= 0.3 is 10.2 Å². The van der Waals surface area contributed by atoms with Crippen molar-refractivity contribution < 1.29 is 13.5 Å². The fourth-order valence-electron chi connectivity index (χ4n) is 2.20. The number of nitrogens with one attached hydrogen (secondary N) is 1. The number of halogens is 3. The van der Waals surface area contributed by atoms with Gasteiger partial charge in [-0.1, -0.05) is 23.2 Å². The minimum atomic E-state index is -3.72. The van der Waals surface area contributed by atoms with Crippen LogP contribution in [0.1, 0.15) is 12.8 Å². The van der Waals surface area contributed by atoms with Crippen molar-refractivity contribution in [3.05, 3.63) is 26.7 Å². The molecule has 0 spiro atoms. The van der Waals surface area contributed by atoms with Crippen molar-refractivity contribution in [3.8, 4) is 0 Å². The van der Waals surface area contributed by atoms with E-state index in [9.17, 15) is 13.5 Å². The second-order valence-corrected chi connectivity index (χ2v) is 8.16. The van der Waals surface area contributed by atoms with E-state index in [2.05, 4.69) is 20.7 Å². The molecular weight excluding hydrogens is 403 g/mol. The van der Waals surface area contributed by atoms with Gasteiger partial charge in [0.25, 0.3) is 0 Å². The standard InChI is InChI=1S/C12H15BrCl2N2O3S/c13-9-3-4-10(12(15)11(9)14)16-21(19,20)17-5-1-2-8(6-17)7-18/h3-4,8,16,18H,1-2,5-7H2. The van der Waals surface area contributed by atoms with Crippen molar-refractivity contribution in [3.63, 3.8) is 0 Å². The Balaban J connectivity index is 2.20. The van der Waals surface area contributed by atoms with Gasteiger partial charge in [0.1, 0.15) is 0 Å². The highest BCUT2D eigenvalue weighted by Crippen LogP contribution is 2.36. The molecule has 1 unspecified atom stereocenters. The molecule has 1 aliphatic heterocycles. The van der Waals surface area contributed by atoms with E-state index in [1.54, 1.807) is 12.1 Å². The van der Waals surface area contributed by atoms with E-state index in [1.807, 2.05) is 0 Å². The maximum Gasteiger partial charge on any atom is 0.301 e. The lowest BCUT2D eigenvalue weighted by atomic mass is 10.0. The summed E-state index contributed by atoms with van der Waals surface area (Å²) in [4.78, 5) is 0. The molecule has 0 bridgehead atoms. The molecule has 2 rings (SSSR count). The lowest BCUT2D eigenvalue weighted by Gasteiger charge is -2.31. The Bertz CT molecular complexity index is 627. The summed E-state index contributed by atoms with van der Waals surface area (Å²) in [5.41, 5.74) is 0.232. The molecule has 0 saturated carbocycles. The first-order chi connectivity index (χ1) is 9.85. The second kappa shape index (κ2) is 7.02. The summed E-state index contributed by atoms with van der Waals surface area (Å²) in [6.07, 6.45) is 1.55. The van der Waals surface area contributed by atoms with E-state index in [4.69, 9.17) is 23.2 Å². The SMILES string of the molecule is O=S(=O)(Nc1ccc(Br)c(Cl)c1Cl)N1CCCC(CO)C1. The van der Waals surface area contributed by atoms with Gasteiger partial charge in [-0.15, -0.1) is 0 Å². The molecule has 9 heteroatoms. The summed E-state index contributed by atoms with van der Waals surface area (Å²) < 4.78 is 29.1. The van der Waals surface area contributed by atoms with Crippen molar-refractivity contribution in [1.82, 2.24) is 4.31 Å². The van der Waals surface area contributed by atoms with Gasteiger partial charge in [-0.25, -0.2) is 0 Å².